The maximum atomic E-state index is 12.5. The Morgan fingerprint density at radius 2 is 2.16 bits per heavy atom. The van der Waals surface area contributed by atoms with Crippen molar-refractivity contribution >= 4 is 11.6 Å². The zero-order valence-corrected chi connectivity index (χ0v) is 11.2. The molecule has 2 N–H and O–H groups in total. The Balaban J connectivity index is 1.71. The Hall–Kier alpha value is -1.39. The van der Waals surface area contributed by atoms with Crippen LogP contribution in [0.25, 0.3) is 0 Å². The number of anilines is 1. The molecule has 0 bridgehead atoms. The number of likely N-dealkylation sites (tertiary alicyclic amines) is 1. The first kappa shape index (κ1) is 12.6. The first-order chi connectivity index (χ1) is 9.24. The summed E-state index contributed by atoms with van der Waals surface area (Å²) in [4.78, 5) is 16.6. The van der Waals surface area contributed by atoms with Crippen molar-refractivity contribution < 1.29 is 4.79 Å². The number of nitrogens with two attached hydrogens (primary N) is 1. The summed E-state index contributed by atoms with van der Waals surface area (Å²) in [5, 5.41) is 0. The molecule has 0 radical (unpaired) electrons. The molecule has 2 heterocycles. The first-order valence-corrected chi connectivity index (χ1v) is 7.10. The number of hydrogen-bond donors (Lipinski definition) is 1. The second-order valence-corrected chi connectivity index (χ2v) is 5.56. The number of benzene rings is 1. The quantitative estimate of drug-likeness (QED) is 0.862. The summed E-state index contributed by atoms with van der Waals surface area (Å²) in [5.74, 6) is 0.209. The van der Waals surface area contributed by atoms with Gasteiger partial charge in [-0.05, 0) is 30.9 Å². The van der Waals surface area contributed by atoms with Gasteiger partial charge in [-0.1, -0.05) is 18.2 Å². The number of nitrogens with zero attached hydrogens (tertiary/aromatic N) is 2. The Labute approximate surface area is 114 Å². The molecule has 1 fully saturated rings. The van der Waals surface area contributed by atoms with Crippen LogP contribution in [-0.4, -0.2) is 43.0 Å². The fourth-order valence-corrected chi connectivity index (χ4v) is 3.08. The summed E-state index contributed by atoms with van der Waals surface area (Å²) in [5.41, 5.74) is 8.28. The van der Waals surface area contributed by atoms with Gasteiger partial charge < -0.3 is 10.6 Å². The Kier molecular flexibility index (Phi) is 3.53. The van der Waals surface area contributed by atoms with Crippen molar-refractivity contribution in [3.05, 3.63) is 29.8 Å². The van der Waals surface area contributed by atoms with Crippen LogP contribution in [0.4, 0.5) is 5.69 Å². The molecule has 0 spiro atoms. The molecule has 1 amide bonds. The minimum absolute atomic E-state index is 0.209. The molecule has 3 rings (SSSR count). The lowest BCUT2D eigenvalue weighted by molar-refractivity contribution is -0.119. The molecule has 1 atom stereocenters. The SMILES string of the molecule is N[C@H]1CCN(CC(=O)N2CCCc3ccccc32)C1. The van der Waals surface area contributed by atoms with Gasteiger partial charge in [-0.3, -0.25) is 9.69 Å². The van der Waals surface area contributed by atoms with Crippen LogP contribution >= 0.6 is 0 Å². The number of carbonyl (C=O) groups is 1. The molecule has 1 aromatic carbocycles. The molecule has 0 aliphatic carbocycles. The minimum atomic E-state index is 0.209. The number of carbonyl (C=O) groups excluding carboxylic acids is 1. The third kappa shape index (κ3) is 2.65. The molecule has 2 aliphatic heterocycles. The Morgan fingerprint density at radius 3 is 2.95 bits per heavy atom. The minimum Gasteiger partial charge on any atom is -0.326 e. The molecule has 0 unspecified atom stereocenters. The molecule has 102 valence electrons. The van der Waals surface area contributed by atoms with Gasteiger partial charge in [-0.2, -0.15) is 0 Å². The topological polar surface area (TPSA) is 49.6 Å². The predicted octanol–water partition coefficient (Wildman–Crippen LogP) is 0.999. The van der Waals surface area contributed by atoms with Crippen LogP contribution in [0.1, 0.15) is 18.4 Å². The highest BCUT2D eigenvalue weighted by molar-refractivity contribution is 5.95. The van der Waals surface area contributed by atoms with Gasteiger partial charge in [0.25, 0.3) is 0 Å². The summed E-state index contributed by atoms with van der Waals surface area (Å²) in [6.07, 6.45) is 3.14. The molecule has 4 heteroatoms. The van der Waals surface area contributed by atoms with Crippen molar-refractivity contribution in [2.24, 2.45) is 5.73 Å². The second kappa shape index (κ2) is 5.31. The van der Waals surface area contributed by atoms with Crippen LogP contribution < -0.4 is 10.6 Å². The van der Waals surface area contributed by atoms with Gasteiger partial charge in [0.05, 0.1) is 6.54 Å². The molecule has 0 aromatic heterocycles. The van der Waals surface area contributed by atoms with Crippen molar-refractivity contribution in [2.45, 2.75) is 25.3 Å². The lowest BCUT2D eigenvalue weighted by atomic mass is 10.0. The maximum Gasteiger partial charge on any atom is 0.241 e. The lowest BCUT2D eigenvalue weighted by Crippen LogP contribution is -2.42. The van der Waals surface area contributed by atoms with E-state index in [1.165, 1.54) is 5.56 Å². The lowest BCUT2D eigenvalue weighted by Gasteiger charge is -2.30. The fourth-order valence-electron chi connectivity index (χ4n) is 3.08. The van der Waals surface area contributed by atoms with Crippen LogP contribution in [0, 0.1) is 0 Å². The smallest absolute Gasteiger partial charge is 0.241 e. The molecule has 19 heavy (non-hydrogen) atoms. The van der Waals surface area contributed by atoms with Crippen LogP contribution in [-0.2, 0) is 11.2 Å². The molecule has 4 nitrogen and oxygen atoms in total. The van der Waals surface area contributed by atoms with Gasteiger partial charge in [0.2, 0.25) is 5.91 Å². The highest BCUT2D eigenvalue weighted by Crippen LogP contribution is 2.26. The second-order valence-electron chi connectivity index (χ2n) is 5.56. The highest BCUT2D eigenvalue weighted by atomic mass is 16.2. The van der Waals surface area contributed by atoms with E-state index >= 15 is 0 Å². The first-order valence-electron chi connectivity index (χ1n) is 7.10. The molecule has 1 aromatic rings. The normalized spacial score (nSPS) is 23.4. The summed E-state index contributed by atoms with van der Waals surface area (Å²) in [7, 11) is 0. The Bertz CT molecular complexity index is 474. The zero-order valence-electron chi connectivity index (χ0n) is 11.2. The predicted molar refractivity (Wildman–Crippen MR) is 76.1 cm³/mol. The Morgan fingerprint density at radius 1 is 1.32 bits per heavy atom. The van der Waals surface area contributed by atoms with E-state index in [9.17, 15) is 4.79 Å². The maximum absolute atomic E-state index is 12.5. The van der Waals surface area contributed by atoms with Crippen LogP contribution in [0.3, 0.4) is 0 Å². The molecule has 2 aliphatic rings. The van der Waals surface area contributed by atoms with E-state index in [4.69, 9.17) is 5.73 Å². The van der Waals surface area contributed by atoms with E-state index in [0.717, 1.165) is 44.6 Å². The number of para-hydroxylation sites is 1. The summed E-state index contributed by atoms with van der Waals surface area (Å²) >= 11 is 0. The number of aryl methyl sites for hydroxylation is 1. The van der Waals surface area contributed by atoms with Gasteiger partial charge in [-0.15, -0.1) is 0 Å². The van der Waals surface area contributed by atoms with E-state index in [0.29, 0.717) is 6.54 Å². The van der Waals surface area contributed by atoms with Crippen molar-refractivity contribution in [3.8, 4) is 0 Å². The van der Waals surface area contributed by atoms with Crippen molar-refractivity contribution in [1.29, 1.82) is 0 Å². The van der Waals surface area contributed by atoms with E-state index in [2.05, 4.69) is 17.0 Å². The average Bonchev–Trinajstić information content (AvgIpc) is 2.83. The number of hydrogen-bond acceptors (Lipinski definition) is 3. The molecular weight excluding hydrogens is 238 g/mol. The molecule has 0 saturated carbocycles. The van der Waals surface area contributed by atoms with E-state index in [1.807, 2.05) is 17.0 Å². The van der Waals surface area contributed by atoms with Crippen molar-refractivity contribution in [1.82, 2.24) is 4.90 Å². The number of fused-ring (bicyclic) bond motifs is 1. The van der Waals surface area contributed by atoms with E-state index in [1.54, 1.807) is 0 Å². The van der Waals surface area contributed by atoms with Crippen LogP contribution in [0.2, 0.25) is 0 Å². The fraction of sp³-hybridized carbons (Fsp3) is 0.533. The monoisotopic (exact) mass is 259 g/mol. The van der Waals surface area contributed by atoms with Gasteiger partial charge >= 0.3 is 0 Å². The van der Waals surface area contributed by atoms with Crippen molar-refractivity contribution in [3.63, 3.8) is 0 Å². The third-order valence-electron chi connectivity index (χ3n) is 4.08. The van der Waals surface area contributed by atoms with Gasteiger partial charge in [0.1, 0.15) is 0 Å². The molecular formula is C15H21N3O. The van der Waals surface area contributed by atoms with Gasteiger partial charge in [0, 0.05) is 31.4 Å². The van der Waals surface area contributed by atoms with E-state index < -0.39 is 0 Å². The average molecular weight is 259 g/mol. The van der Waals surface area contributed by atoms with Crippen molar-refractivity contribution in [2.75, 3.05) is 31.1 Å². The standard InChI is InChI=1S/C15H21N3O/c16-13-7-9-17(10-13)11-15(19)18-8-3-5-12-4-1-2-6-14(12)18/h1-2,4,6,13H,3,5,7-11,16H2/t13-/m0/s1. The van der Waals surface area contributed by atoms with Gasteiger partial charge in [0.15, 0.2) is 0 Å². The zero-order chi connectivity index (χ0) is 13.2. The summed E-state index contributed by atoms with van der Waals surface area (Å²) in [6, 6.07) is 8.48. The van der Waals surface area contributed by atoms with Gasteiger partial charge in [-0.25, -0.2) is 0 Å². The van der Waals surface area contributed by atoms with E-state index in [-0.39, 0.29) is 11.9 Å². The van der Waals surface area contributed by atoms with Crippen LogP contribution in [0.5, 0.6) is 0 Å². The largest absolute Gasteiger partial charge is 0.326 e. The number of amides is 1. The summed E-state index contributed by atoms with van der Waals surface area (Å²) in [6.45, 7) is 3.14. The summed E-state index contributed by atoms with van der Waals surface area (Å²) < 4.78 is 0. The molecule has 1 saturated heterocycles. The van der Waals surface area contributed by atoms with Crippen LogP contribution in [0.15, 0.2) is 24.3 Å². The highest BCUT2D eigenvalue weighted by Gasteiger charge is 2.26. The number of rotatable bonds is 2. The third-order valence-corrected chi connectivity index (χ3v) is 4.08.